The van der Waals surface area contributed by atoms with Crippen LogP contribution >= 0.6 is 0 Å². The zero-order valence-corrected chi connectivity index (χ0v) is 19.8. The van der Waals surface area contributed by atoms with Crippen LogP contribution in [0.15, 0.2) is 42.5 Å². The van der Waals surface area contributed by atoms with Gasteiger partial charge in [0.1, 0.15) is 24.0 Å². The summed E-state index contributed by atoms with van der Waals surface area (Å²) >= 11 is 0. The molecule has 35 heavy (non-hydrogen) atoms. The Bertz CT molecular complexity index is 1020. The van der Waals surface area contributed by atoms with Crippen molar-refractivity contribution >= 4 is 17.5 Å². The van der Waals surface area contributed by atoms with Crippen LogP contribution in [-0.2, 0) is 20.9 Å². The number of hydrogen-bond acceptors (Lipinski definition) is 5. The molecule has 2 aliphatic rings. The van der Waals surface area contributed by atoms with Gasteiger partial charge in [-0.15, -0.1) is 0 Å². The molecule has 2 amide bonds. The lowest BCUT2D eigenvalue weighted by atomic mass is 10.1. The number of anilines is 1. The fourth-order valence-electron chi connectivity index (χ4n) is 4.52. The minimum atomic E-state index is -0.766. The van der Waals surface area contributed by atoms with E-state index < -0.39 is 17.6 Å². The predicted octanol–water partition coefficient (Wildman–Crippen LogP) is 3.12. The van der Waals surface area contributed by atoms with Gasteiger partial charge in [0.15, 0.2) is 0 Å². The summed E-state index contributed by atoms with van der Waals surface area (Å²) < 4.78 is 38.4. The number of amides is 2. The summed E-state index contributed by atoms with van der Waals surface area (Å²) in [6.45, 7) is 3.35. The highest BCUT2D eigenvalue weighted by Gasteiger charge is 2.35. The summed E-state index contributed by atoms with van der Waals surface area (Å²) in [7, 11) is 2.10. The van der Waals surface area contributed by atoms with Crippen molar-refractivity contribution in [2.24, 2.45) is 5.92 Å². The second kappa shape index (κ2) is 11.6. The Morgan fingerprint density at radius 2 is 1.91 bits per heavy atom. The zero-order chi connectivity index (χ0) is 24.8. The molecule has 2 aromatic rings. The topological polar surface area (TPSA) is 71.1 Å². The van der Waals surface area contributed by atoms with Crippen LogP contribution < -0.4 is 15.0 Å². The third kappa shape index (κ3) is 6.76. The molecule has 7 nitrogen and oxygen atoms in total. The molecule has 2 saturated heterocycles. The van der Waals surface area contributed by atoms with Gasteiger partial charge in [0, 0.05) is 57.1 Å². The van der Waals surface area contributed by atoms with Gasteiger partial charge in [-0.25, -0.2) is 8.78 Å². The van der Waals surface area contributed by atoms with Crippen molar-refractivity contribution in [1.29, 1.82) is 0 Å². The van der Waals surface area contributed by atoms with Crippen molar-refractivity contribution in [3.05, 3.63) is 59.7 Å². The van der Waals surface area contributed by atoms with Crippen LogP contribution in [0.3, 0.4) is 0 Å². The van der Waals surface area contributed by atoms with Gasteiger partial charge in [-0.1, -0.05) is 12.1 Å². The highest BCUT2D eigenvalue weighted by Crippen LogP contribution is 2.27. The highest BCUT2D eigenvalue weighted by atomic mass is 19.1. The summed E-state index contributed by atoms with van der Waals surface area (Å²) in [5.41, 5.74) is 0.997. The molecule has 2 aromatic carbocycles. The van der Waals surface area contributed by atoms with Gasteiger partial charge in [-0.3, -0.25) is 14.5 Å². The molecule has 1 atom stereocenters. The van der Waals surface area contributed by atoms with E-state index in [1.807, 2.05) is 24.3 Å². The fraction of sp³-hybridized carbons (Fsp3) is 0.462. The first kappa shape index (κ1) is 25.1. The van der Waals surface area contributed by atoms with E-state index in [-0.39, 0.29) is 37.0 Å². The molecule has 188 valence electrons. The molecular weight excluding hydrogens is 456 g/mol. The molecular formula is C26H31F2N3O4. The molecule has 4 rings (SSSR count). The van der Waals surface area contributed by atoms with E-state index in [1.165, 1.54) is 4.90 Å². The van der Waals surface area contributed by atoms with Gasteiger partial charge in [-0.2, -0.15) is 0 Å². The number of nitrogens with zero attached hydrogens (tertiary/aromatic N) is 2. The molecule has 0 aromatic heterocycles. The smallest absolute Gasteiger partial charge is 0.227 e. The van der Waals surface area contributed by atoms with Crippen molar-refractivity contribution in [3.63, 3.8) is 0 Å². The average molecular weight is 488 g/mol. The number of benzene rings is 2. The van der Waals surface area contributed by atoms with Crippen LogP contribution in [0.5, 0.6) is 5.75 Å². The van der Waals surface area contributed by atoms with Gasteiger partial charge in [0.25, 0.3) is 0 Å². The number of hydrogen-bond donors (Lipinski definition) is 1. The van der Waals surface area contributed by atoms with Crippen LogP contribution in [0.1, 0.15) is 24.8 Å². The Morgan fingerprint density at radius 1 is 1.17 bits per heavy atom. The van der Waals surface area contributed by atoms with E-state index in [2.05, 4.69) is 17.3 Å². The minimum Gasteiger partial charge on any atom is -0.492 e. The lowest BCUT2D eigenvalue weighted by molar-refractivity contribution is -0.126. The van der Waals surface area contributed by atoms with Crippen LogP contribution in [0.4, 0.5) is 14.5 Å². The number of halogens is 2. The molecule has 2 aliphatic heterocycles. The number of carbonyl (C=O) groups excluding carboxylic acids is 2. The number of rotatable bonds is 9. The van der Waals surface area contributed by atoms with Crippen molar-refractivity contribution in [1.82, 2.24) is 10.2 Å². The maximum atomic E-state index is 13.5. The van der Waals surface area contributed by atoms with E-state index >= 15 is 0 Å². The van der Waals surface area contributed by atoms with Crippen molar-refractivity contribution < 1.29 is 27.8 Å². The molecule has 2 heterocycles. The third-order valence-electron chi connectivity index (χ3n) is 6.55. The van der Waals surface area contributed by atoms with Gasteiger partial charge in [0.05, 0.1) is 5.92 Å². The van der Waals surface area contributed by atoms with Crippen molar-refractivity contribution in [2.45, 2.75) is 31.8 Å². The van der Waals surface area contributed by atoms with E-state index in [0.29, 0.717) is 12.6 Å². The molecule has 2 fully saturated rings. The van der Waals surface area contributed by atoms with Gasteiger partial charge in [-0.05, 0) is 49.7 Å². The summed E-state index contributed by atoms with van der Waals surface area (Å²) in [6, 6.07) is 11.0. The monoisotopic (exact) mass is 487 g/mol. The Labute approximate surface area is 204 Å². The Hall–Kier alpha value is -3.04. The number of nitrogens with one attached hydrogen (secondary N) is 1. The standard InChI is InChI=1S/C26H31F2N3O4/c1-30(22-5-8-34-9-6-22)7-10-35-24-4-2-3-18(11-24)16-29-26(33)19-12-25(32)31(17-19)23-14-20(27)13-21(28)15-23/h2-4,11,13-15,19,22H,5-10,12,16-17H2,1H3,(H,29,33). The first-order valence-electron chi connectivity index (χ1n) is 11.9. The van der Waals surface area contributed by atoms with Crippen LogP contribution in [0.2, 0.25) is 0 Å². The molecule has 1 unspecified atom stereocenters. The summed E-state index contributed by atoms with van der Waals surface area (Å²) in [6.07, 6.45) is 2.07. The Morgan fingerprint density at radius 3 is 2.66 bits per heavy atom. The van der Waals surface area contributed by atoms with Crippen LogP contribution in [-0.4, -0.2) is 62.7 Å². The Kier molecular flexibility index (Phi) is 8.30. The molecule has 1 N–H and O–H groups in total. The quantitative estimate of drug-likeness (QED) is 0.589. The molecule has 0 saturated carbocycles. The van der Waals surface area contributed by atoms with Gasteiger partial charge in [0.2, 0.25) is 11.8 Å². The first-order valence-corrected chi connectivity index (χ1v) is 11.9. The van der Waals surface area contributed by atoms with Crippen LogP contribution in [0, 0.1) is 17.6 Å². The first-order chi connectivity index (χ1) is 16.9. The van der Waals surface area contributed by atoms with E-state index in [4.69, 9.17) is 9.47 Å². The molecule has 0 spiro atoms. The molecule has 0 radical (unpaired) electrons. The molecule has 9 heteroatoms. The van der Waals surface area contributed by atoms with Crippen LogP contribution in [0.25, 0.3) is 0 Å². The summed E-state index contributed by atoms with van der Waals surface area (Å²) in [4.78, 5) is 28.6. The maximum Gasteiger partial charge on any atom is 0.227 e. The summed E-state index contributed by atoms with van der Waals surface area (Å²) in [5.74, 6) is -2.00. The lowest BCUT2D eigenvalue weighted by Gasteiger charge is -2.31. The predicted molar refractivity (Wildman–Crippen MR) is 127 cm³/mol. The number of carbonyl (C=O) groups is 2. The molecule has 0 aliphatic carbocycles. The van der Waals surface area contributed by atoms with Crippen molar-refractivity contribution in [2.75, 3.05) is 44.9 Å². The van der Waals surface area contributed by atoms with Crippen molar-refractivity contribution in [3.8, 4) is 5.75 Å². The number of likely N-dealkylation sites (N-methyl/N-ethyl adjacent to an activating group) is 1. The highest BCUT2D eigenvalue weighted by molar-refractivity contribution is 6.00. The lowest BCUT2D eigenvalue weighted by Crippen LogP contribution is -2.38. The van der Waals surface area contributed by atoms with E-state index in [1.54, 1.807) is 0 Å². The number of ether oxygens (including phenoxy) is 2. The zero-order valence-electron chi connectivity index (χ0n) is 19.8. The SMILES string of the molecule is CN(CCOc1cccc(CNC(=O)C2CC(=O)N(c3cc(F)cc(F)c3)C2)c1)C1CCOCC1. The molecule has 0 bridgehead atoms. The van der Waals surface area contributed by atoms with Gasteiger partial charge >= 0.3 is 0 Å². The van der Waals surface area contributed by atoms with Gasteiger partial charge < -0.3 is 19.7 Å². The second-order valence-corrected chi connectivity index (χ2v) is 9.07. The Balaban J connectivity index is 1.24. The minimum absolute atomic E-state index is 0.00620. The summed E-state index contributed by atoms with van der Waals surface area (Å²) in [5, 5.41) is 2.86. The fourth-order valence-corrected chi connectivity index (χ4v) is 4.52. The maximum absolute atomic E-state index is 13.5. The van der Waals surface area contributed by atoms with E-state index in [9.17, 15) is 18.4 Å². The normalized spacial score (nSPS) is 18.8. The average Bonchev–Trinajstić information content (AvgIpc) is 3.24. The largest absolute Gasteiger partial charge is 0.492 e. The van der Waals surface area contributed by atoms with E-state index in [0.717, 1.165) is 62.1 Å². The second-order valence-electron chi connectivity index (χ2n) is 9.07. The third-order valence-corrected chi connectivity index (χ3v) is 6.55.